The minimum Gasteiger partial charge on any atom is -0.462 e. The van der Waals surface area contributed by atoms with Gasteiger partial charge in [-0.1, -0.05) is 343 Å². The smallest absolute Gasteiger partial charge is 0.462 e. The van der Waals surface area contributed by atoms with Crippen LogP contribution in [-0.2, 0) is 65.4 Å². The second kappa shape index (κ2) is 68.2. The molecule has 3 N–H and O–H groups in total. The maximum Gasteiger partial charge on any atom is 0.472 e. The maximum atomic E-state index is 13.1. The van der Waals surface area contributed by atoms with E-state index in [-0.39, 0.29) is 25.7 Å². The van der Waals surface area contributed by atoms with Gasteiger partial charge in [0.25, 0.3) is 0 Å². The number of esters is 4. The Morgan fingerprint density at radius 1 is 0.298 bits per heavy atom. The summed E-state index contributed by atoms with van der Waals surface area (Å²) in [7, 11) is -9.91. The zero-order chi connectivity index (χ0) is 69.1. The lowest BCUT2D eigenvalue weighted by Gasteiger charge is -2.21. The molecule has 0 heterocycles. The summed E-state index contributed by atoms with van der Waals surface area (Å²) >= 11 is 0. The van der Waals surface area contributed by atoms with Crippen LogP contribution in [0.15, 0.2) is 0 Å². The van der Waals surface area contributed by atoms with Crippen LogP contribution in [0.2, 0.25) is 0 Å². The normalized spacial score (nSPS) is 14.3. The number of carbonyl (C=O) groups excluding carboxylic acids is 4. The van der Waals surface area contributed by atoms with Crippen molar-refractivity contribution in [2.24, 2.45) is 5.92 Å². The number of aliphatic hydroxyl groups is 1. The molecular weight excluding hydrogens is 1230 g/mol. The third-order valence-electron chi connectivity index (χ3n) is 17.9. The van der Waals surface area contributed by atoms with E-state index >= 15 is 0 Å². The number of hydrogen-bond acceptors (Lipinski definition) is 15. The number of phosphoric ester groups is 2. The molecule has 94 heavy (non-hydrogen) atoms. The van der Waals surface area contributed by atoms with Crippen molar-refractivity contribution in [3.8, 4) is 0 Å². The van der Waals surface area contributed by atoms with Crippen molar-refractivity contribution in [2.75, 3.05) is 39.6 Å². The quantitative estimate of drug-likeness (QED) is 0.0222. The molecule has 558 valence electrons. The van der Waals surface area contributed by atoms with Gasteiger partial charge in [0.05, 0.1) is 26.4 Å². The van der Waals surface area contributed by atoms with E-state index in [1.165, 1.54) is 212 Å². The average molecular weight is 1380 g/mol. The Morgan fingerprint density at radius 3 is 0.755 bits per heavy atom. The van der Waals surface area contributed by atoms with Crippen molar-refractivity contribution in [3.63, 3.8) is 0 Å². The molecule has 0 aliphatic heterocycles. The van der Waals surface area contributed by atoms with E-state index in [9.17, 15) is 43.2 Å². The summed E-state index contributed by atoms with van der Waals surface area (Å²) in [5.74, 6) is -1.31. The molecule has 6 atom stereocenters. The van der Waals surface area contributed by atoms with Crippen molar-refractivity contribution in [1.82, 2.24) is 0 Å². The van der Waals surface area contributed by atoms with Gasteiger partial charge in [-0.25, -0.2) is 9.13 Å². The molecule has 0 aromatic rings. The number of rotatable bonds is 75. The Kier molecular flexibility index (Phi) is 66.8. The van der Waals surface area contributed by atoms with Gasteiger partial charge in [-0.2, -0.15) is 0 Å². The average Bonchev–Trinajstić information content (AvgIpc) is 3.45. The minimum absolute atomic E-state index is 0.108. The summed E-state index contributed by atoms with van der Waals surface area (Å²) < 4.78 is 68.4. The summed E-state index contributed by atoms with van der Waals surface area (Å²) in [5, 5.41) is 10.6. The van der Waals surface area contributed by atoms with Crippen molar-refractivity contribution < 1.29 is 80.2 Å². The van der Waals surface area contributed by atoms with E-state index in [1.54, 1.807) is 0 Å². The van der Waals surface area contributed by atoms with E-state index in [0.29, 0.717) is 25.7 Å². The highest BCUT2D eigenvalue weighted by Gasteiger charge is 2.30. The predicted molar refractivity (Wildman–Crippen MR) is 382 cm³/mol. The van der Waals surface area contributed by atoms with Gasteiger partial charge in [0.15, 0.2) is 12.2 Å². The van der Waals surface area contributed by atoms with E-state index in [2.05, 4.69) is 34.6 Å². The Bertz CT molecular complexity index is 1810. The van der Waals surface area contributed by atoms with Crippen molar-refractivity contribution in [1.29, 1.82) is 0 Å². The van der Waals surface area contributed by atoms with Crippen molar-refractivity contribution in [3.05, 3.63) is 0 Å². The highest BCUT2D eigenvalue weighted by atomic mass is 31.2. The summed E-state index contributed by atoms with van der Waals surface area (Å²) in [5.41, 5.74) is 0. The van der Waals surface area contributed by atoms with Gasteiger partial charge in [-0.15, -0.1) is 0 Å². The molecule has 0 amide bonds. The van der Waals surface area contributed by atoms with E-state index in [1.807, 2.05) is 0 Å². The molecule has 0 saturated carbocycles. The Labute approximate surface area is 575 Å². The first kappa shape index (κ1) is 92.1. The molecule has 17 nitrogen and oxygen atoms in total. The molecule has 0 radical (unpaired) electrons. The molecule has 0 bridgehead atoms. The standard InChI is InChI=1S/C75H146O17P2/c1-6-10-13-16-19-22-24-26-28-29-30-31-33-35-41-46-51-56-61-75(80)92-71(65-86-73(78)59-54-49-44-39-37-36-38-42-47-52-57-68(5)9-4)67-90-94(83,84)88-63-69(76)62-87-93(81,82)89-66-70(64-85-72(77)58-53-48-43-21-18-15-12-8-3)91-74(79)60-55-50-45-40-34-32-27-25-23-20-17-14-11-7-2/h68-71,76H,6-67H2,1-5H3,(H,81,82)(H,83,84)/t68?,69-,70+,71+/m0/s1. The van der Waals surface area contributed by atoms with E-state index in [0.717, 1.165) is 102 Å². The number of carbonyl (C=O) groups is 4. The van der Waals surface area contributed by atoms with Crippen LogP contribution in [0, 0.1) is 5.92 Å². The van der Waals surface area contributed by atoms with Crippen LogP contribution < -0.4 is 0 Å². The van der Waals surface area contributed by atoms with Crippen LogP contribution in [0.25, 0.3) is 0 Å². The van der Waals surface area contributed by atoms with Gasteiger partial charge >= 0.3 is 39.5 Å². The summed E-state index contributed by atoms with van der Waals surface area (Å²) in [4.78, 5) is 72.7. The van der Waals surface area contributed by atoms with Gasteiger partial charge in [0.1, 0.15) is 19.3 Å². The molecule has 3 unspecified atom stereocenters. The molecule has 0 spiro atoms. The molecule has 19 heteroatoms. The molecule has 0 aromatic heterocycles. The van der Waals surface area contributed by atoms with Gasteiger partial charge in [0, 0.05) is 25.7 Å². The van der Waals surface area contributed by atoms with Gasteiger partial charge in [-0.05, 0) is 31.6 Å². The van der Waals surface area contributed by atoms with Crippen LogP contribution in [0.5, 0.6) is 0 Å². The van der Waals surface area contributed by atoms with Gasteiger partial charge in [-0.3, -0.25) is 37.3 Å². The SMILES string of the molecule is CCCCCCCCCCCCCCCCCCCCC(=O)O[C@H](COC(=O)CCCCCCCCCCCCC(C)CC)COP(=O)(O)OC[C@@H](O)COP(=O)(O)OC[C@@H](COC(=O)CCCCCCCCCC)OC(=O)CCCCCCCCCCCCCCCC. The summed E-state index contributed by atoms with van der Waals surface area (Å²) in [6.45, 7) is 7.30. The predicted octanol–water partition coefficient (Wildman–Crippen LogP) is 22.1. The maximum absolute atomic E-state index is 13.1. The topological polar surface area (TPSA) is 237 Å². The second-order valence-corrected chi connectivity index (χ2v) is 30.2. The summed E-state index contributed by atoms with van der Waals surface area (Å²) in [6.07, 6.45) is 56.8. The third kappa shape index (κ3) is 67.3. The molecule has 0 rings (SSSR count). The first-order valence-corrected chi connectivity index (χ1v) is 42.2. The van der Waals surface area contributed by atoms with Crippen LogP contribution >= 0.6 is 15.6 Å². The fourth-order valence-corrected chi connectivity index (χ4v) is 13.1. The van der Waals surface area contributed by atoms with E-state index < -0.39 is 97.5 Å². The van der Waals surface area contributed by atoms with E-state index in [4.69, 9.17) is 37.0 Å². The fourth-order valence-electron chi connectivity index (χ4n) is 11.5. The van der Waals surface area contributed by atoms with Crippen LogP contribution in [0.1, 0.15) is 394 Å². The van der Waals surface area contributed by atoms with Crippen LogP contribution in [0.3, 0.4) is 0 Å². The largest absolute Gasteiger partial charge is 0.472 e. The second-order valence-electron chi connectivity index (χ2n) is 27.3. The minimum atomic E-state index is -4.96. The highest BCUT2D eigenvalue weighted by Crippen LogP contribution is 2.45. The number of hydrogen-bond donors (Lipinski definition) is 3. The highest BCUT2D eigenvalue weighted by molar-refractivity contribution is 7.47. The fraction of sp³-hybridized carbons (Fsp3) is 0.947. The number of aliphatic hydroxyl groups excluding tert-OH is 1. The molecule has 0 aliphatic carbocycles. The van der Waals surface area contributed by atoms with Gasteiger partial charge in [0.2, 0.25) is 0 Å². The Morgan fingerprint density at radius 2 is 0.511 bits per heavy atom. The Balaban J connectivity index is 5.21. The molecular formula is C75H146O17P2. The summed E-state index contributed by atoms with van der Waals surface area (Å²) in [6, 6.07) is 0. The van der Waals surface area contributed by atoms with Crippen LogP contribution in [-0.4, -0.2) is 96.7 Å². The van der Waals surface area contributed by atoms with Crippen molar-refractivity contribution >= 4 is 39.5 Å². The number of unbranched alkanes of at least 4 members (excludes halogenated alkanes) is 46. The first-order chi connectivity index (χ1) is 45.6. The molecule has 0 saturated heterocycles. The van der Waals surface area contributed by atoms with Crippen LogP contribution in [0.4, 0.5) is 0 Å². The molecule has 0 fully saturated rings. The third-order valence-corrected chi connectivity index (χ3v) is 19.8. The number of phosphoric acid groups is 2. The first-order valence-electron chi connectivity index (χ1n) is 39.2. The number of ether oxygens (including phenoxy) is 4. The lowest BCUT2D eigenvalue weighted by Crippen LogP contribution is -2.30. The van der Waals surface area contributed by atoms with Gasteiger partial charge < -0.3 is 33.8 Å². The molecule has 0 aliphatic rings. The Hall–Kier alpha value is -1.94. The van der Waals surface area contributed by atoms with Crippen molar-refractivity contribution in [2.45, 2.75) is 412 Å². The lowest BCUT2D eigenvalue weighted by atomic mass is 9.99. The lowest BCUT2D eigenvalue weighted by molar-refractivity contribution is -0.161. The zero-order valence-electron chi connectivity index (χ0n) is 61.1. The monoisotopic (exact) mass is 1380 g/mol. The molecule has 0 aromatic carbocycles. The zero-order valence-corrected chi connectivity index (χ0v) is 62.9.